The molecular weight excluding hydrogens is 160 g/mol. The molecule has 0 aliphatic carbocycles. The van der Waals surface area contributed by atoms with Crippen LogP contribution in [0.2, 0.25) is 0 Å². The second-order valence-electron chi connectivity index (χ2n) is 1.67. The number of hydrogen-bond acceptors (Lipinski definition) is 4. The van der Waals surface area contributed by atoms with Crippen molar-refractivity contribution in [3.63, 3.8) is 0 Å². The van der Waals surface area contributed by atoms with Crippen molar-refractivity contribution in [1.29, 1.82) is 0 Å². The molecule has 0 fully saturated rings. The van der Waals surface area contributed by atoms with E-state index < -0.39 is 0 Å². The number of ether oxygens (including phenoxy) is 1. The van der Waals surface area contributed by atoms with Crippen LogP contribution in [0.5, 0.6) is 0 Å². The number of esters is 1. The molecule has 0 aromatic rings. The maximum absolute atomic E-state index is 9.75. The average molecular weight is 174 g/mol. The van der Waals surface area contributed by atoms with E-state index in [9.17, 15) is 4.79 Å². The van der Waals surface area contributed by atoms with Gasteiger partial charge in [-0.3, -0.25) is 4.79 Å². The van der Waals surface area contributed by atoms with Gasteiger partial charge in [-0.25, -0.2) is 0 Å². The Labute approximate surface area is 71.8 Å². The molecule has 0 amide bonds. The normalized spacial score (nSPS) is 8.50. The highest BCUT2D eigenvalue weighted by molar-refractivity contribution is 5.66. The summed E-state index contributed by atoms with van der Waals surface area (Å²) in [6.07, 6.45) is 4.05. The largest absolute Gasteiger partial charge is 0.516 e. The Morgan fingerprint density at radius 3 is 2.33 bits per heavy atom. The molecule has 0 aliphatic rings. The van der Waals surface area contributed by atoms with Gasteiger partial charge in [-0.2, -0.15) is 0 Å². The van der Waals surface area contributed by atoms with Crippen LogP contribution in [0.25, 0.3) is 0 Å². The van der Waals surface area contributed by atoms with Crippen molar-refractivity contribution in [3.8, 4) is 0 Å². The fraction of sp³-hybridized carbons (Fsp3) is 0.375. The monoisotopic (exact) mass is 174 g/mol. The summed E-state index contributed by atoms with van der Waals surface area (Å²) in [5.74, 6) is -0.329. The molecule has 70 valence electrons. The second-order valence-corrected chi connectivity index (χ2v) is 1.67. The Morgan fingerprint density at radius 2 is 2.25 bits per heavy atom. The van der Waals surface area contributed by atoms with E-state index in [1.165, 1.54) is 13.0 Å². The molecule has 12 heavy (non-hydrogen) atoms. The Bertz CT molecular complexity index is 140. The molecule has 0 spiro atoms. The van der Waals surface area contributed by atoms with Crippen LogP contribution in [-0.2, 0) is 9.53 Å². The molecule has 0 rings (SSSR count). The average Bonchev–Trinajstić information content (AvgIpc) is 2.02. The van der Waals surface area contributed by atoms with E-state index in [4.69, 9.17) is 10.2 Å². The molecule has 0 aromatic carbocycles. The third-order valence-corrected chi connectivity index (χ3v) is 0.650. The summed E-state index contributed by atoms with van der Waals surface area (Å²) in [5, 5.41) is 15.9. The number of carbonyl (C=O) groups excluding carboxylic acids is 1. The van der Waals surface area contributed by atoms with Crippen LogP contribution in [0.4, 0.5) is 0 Å². The first-order valence-corrected chi connectivity index (χ1v) is 3.37. The highest BCUT2D eigenvalue weighted by Crippen LogP contribution is 1.74. The molecule has 0 saturated heterocycles. The van der Waals surface area contributed by atoms with Crippen LogP contribution in [0.3, 0.4) is 0 Å². The summed E-state index contributed by atoms with van der Waals surface area (Å²) in [6, 6.07) is 0. The fourth-order valence-corrected chi connectivity index (χ4v) is 0.266. The smallest absolute Gasteiger partial charge is 0.307 e. The van der Waals surface area contributed by atoms with Crippen LogP contribution in [-0.4, -0.2) is 22.8 Å². The van der Waals surface area contributed by atoms with Crippen LogP contribution in [0.1, 0.15) is 13.3 Å². The van der Waals surface area contributed by atoms with Gasteiger partial charge < -0.3 is 14.9 Å². The van der Waals surface area contributed by atoms with Gasteiger partial charge in [-0.05, 0) is 12.5 Å². The number of aliphatic hydroxyl groups is 2. The standard InChI is InChI=1S/C4H6O2.C4H8O2/c1-3-6-4(2)5;5-3-1-2-4-6/h3H,1H2,2H3;1,3,5-6H,2,4H2. The molecule has 0 heterocycles. The number of carbonyl (C=O) groups is 1. The Kier molecular flexibility index (Phi) is 13.7. The van der Waals surface area contributed by atoms with Gasteiger partial charge in [0.15, 0.2) is 0 Å². The van der Waals surface area contributed by atoms with E-state index in [2.05, 4.69) is 11.3 Å². The van der Waals surface area contributed by atoms with Crippen molar-refractivity contribution in [2.24, 2.45) is 0 Å². The summed E-state index contributed by atoms with van der Waals surface area (Å²) in [7, 11) is 0. The zero-order valence-electron chi connectivity index (χ0n) is 7.06. The lowest BCUT2D eigenvalue weighted by molar-refractivity contribution is -0.135. The van der Waals surface area contributed by atoms with Gasteiger partial charge in [-0.1, -0.05) is 6.58 Å². The highest BCUT2D eigenvalue weighted by atomic mass is 16.5. The molecule has 0 radical (unpaired) electrons. The van der Waals surface area contributed by atoms with Crippen LogP contribution >= 0.6 is 0 Å². The first-order valence-electron chi connectivity index (χ1n) is 3.37. The van der Waals surface area contributed by atoms with Crippen molar-refractivity contribution in [2.45, 2.75) is 13.3 Å². The summed E-state index contributed by atoms with van der Waals surface area (Å²) in [6.45, 7) is 4.59. The highest BCUT2D eigenvalue weighted by Gasteiger charge is 1.79. The summed E-state index contributed by atoms with van der Waals surface area (Å²) < 4.78 is 4.17. The molecule has 2 N–H and O–H groups in total. The lowest BCUT2D eigenvalue weighted by atomic mass is 10.5. The molecule has 4 heteroatoms. The fourth-order valence-electron chi connectivity index (χ4n) is 0.266. The van der Waals surface area contributed by atoms with Gasteiger partial charge >= 0.3 is 5.97 Å². The molecule has 0 bridgehead atoms. The zero-order chi connectivity index (χ0) is 9.82. The summed E-state index contributed by atoms with van der Waals surface area (Å²) in [5.41, 5.74) is 0. The van der Waals surface area contributed by atoms with Crippen LogP contribution < -0.4 is 0 Å². The van der Waals surface area contributed by atoms with Gasteiger partial charge in [0.25, 0.3) is 0 Å². The predicted molar refractivity (Wildman–Crippen MR) is 45.4 cm³/mol. The van der Waals surface area contributed by atoms with Crippen LogP contribution in [0, 0.1) is 0 Å². The molecule has 4 nitrogen and oxygen atoms in total. The topological polar surface area (TPSA) is 66.8 Å². The molecule has 0 aromatic heterocycles. The SMILES string of the molecule is C=COC(C)=O.OC=CCCO. The van der Waals surface area contributed by atoms with E-state index in [0.29, 0.717) is 6.42 Å². The van der Waals surface area contributed by atoms with E-state index in [1.54, 1.807) is 0 Å². The molecule has 0 saturated carbocycles. The maximum Gasteiger partial charge on any atom is 0.307 e. The van der Waals surface area contributed by atoms with E-state index in [1.807, 2.05) is 0 Å². The lowest BCUT2D eigenvalue weighted by Crippen LogP contribution is -1.87. The van der Waals surface area contributed by atoms with Crippen LogP contribution in [0.15, 0.2) is 25.2 Å². The van der Waals surface area contributed by atoms with Gasteiger partial charge in [-0.15, -0.1) is 0 Å². The Morgan fingerprint density at radius 1 is 1.67 bits per heavy atom. The second kappa shape index (κ2) is 12.4. The number of rotatable bonds is 3. The molecule has 0 aliphatic heterocycles. The Hall–Kier alpha value is -1.29. The zero-order valence-corrected chi connectivity index (χ0v) is 7.06. The van der Waals surface area contributed by atoms with Crippen molar-refractivity contribution >= 4 is 5.97 Å². The van der Waals surface area contributed by atoms with Gasteiger partial charge in [0.05, 0.1) is 12.5 Å². The lowest BCUT2D eigenvalue weighted by Gasteiger charge is -1.83. The minimum atomic E-state index is -0.329. The van der Waals surface area contributed by atoms with Crippen molar-refractivity contribution in [2.75, 3.05) is 6.61 Å². The molecule has 0 atom stereocenters. The van der Waals surface area contributed by atoms with Gasteiger partial charge in [0.2, 0.25) is 0 Å². The van der Waals surface area contributed by atoms with Crippen molar-refractivity contribution in [1.82, 2.24) is 0 Å². The van der Waals surface area contributed by atoms with E-state index >= 15 is 0 Å². The summed E-state index contributed by atoms with van der Waals surface area (Å²) >= 11 is 0. The molecule has 0 unspecified atom stereocenters. The van der Waals surface area contributed by atoms with Crippen molar-refractivity contribution in [3.05, 3.63) is 25.2 Å². The third-order valence-electron chi connectivity index (χ3n) is 0.650. The number of hydrogen-bond donors (Lipinski definition) is 2. The van der Waals surface area contributed by atoms with E-state index in [-0.39, 0.29) is 12.6 Å². The van der Waals surface area contributed by atoms with E-state index in [0.717, 1.165) is 12.5 Å². The first-order chi connectivity index (χ1) is 5.68. The van der Waals surface area contributed by atoms with Gasteiger partial charge in [0.1, 0.15) is 0 Å². The van der Waals surface area contributed by atoms with Gasteiger partial charge in [0, 0.05) is 13.5 Å². The quantitative estimate of drug-likeness (QED) is 0.497. The third kappa shape index (κ3) is 23.3. The minimum Gasteiger partial charge on any atom is -0.516 e. The summed E-state index contributed by atoms with van der Waals surface area (Å²) in [4.78, 5) is 9.75. The first kappa shape index (κ1) is 13.3. The Balaban J connectivity index is 0. The maximum atomic E-state index is 9.75. The minimum absolute atomic E-state index is 0.108. The predicted octanol–water partition coefficient (Wildman–Crippen LogP) is 1.13. The van der Waals surface area contributed by atoms with Crippen molar-refractivity contribution < 1.29 is 19.7 Å². The number of aliphatic hydroxyl groups excluding tert-OH is 2. The molecular formula is C8H14O4.